The minimum Gasteiger partial charge on any atom is -0.363 e. The molecular formula is C22H23ClN4O3. The van der Waals surface area contributed by atoms with Gasteiger partial charge in [0.1, 0.15) is 0 Å². The molecule has 1 N–H and O–H groups in total. The van der Waals surface area contributed by atoms with Crippen LogP contribution in [0.3, 0.4) is 0 Å². The Labute approximate surface area is 180 Å². The monoisotopic (exact) mass is 426 g/mol. The number of rotatable bonds is 5. The van der Waals surface area contributed by atoms with E-state index in [4.69, 9.17) is 11.6 Å². The zero-order valence-corrected chi connectivity index (χ0v) is 17.5. The van der Waals surface area contributed by atoms with Crippen molar-refractivity contribution in [3.63, 3.8) is 0 Å². The largest absolute Gasteiger partial charge is 0.363 e. The number of hydrogen-bond acceptors (Lipinski definition) is 4. The minimum absolute atomic E-state index is 0.201. The van der Waals surface area contributed by atoms with Gasteiger partial charge in [0.25, 0.3) is 11.8 Å². The van der Waals surface area contributed by atoms with Crippen molar-refractivity contribution in [1.82, 2.24) is 10.2 Å². The fraction of sp³-hybridized carbons (Fsp3) is 0.364. The predicted octanol–water partition coefficient (Wildman–Crippen LogP) is 3.45. The van der Waals surface area contributed by atoms with Crippen molar-refractivity contribution in [2.45, 2.75) is 38.1 Å². The van der Waals surface area contributed by atoms with Gasteiger partial charge in [-0.2, -0.15) is 4.99 Å². The fourth-order valence-corrected chi connectivity index (χ4v) is 4.16. The van der Waals surface area contributed by atoms with E-state index < -0.39 is 18.0 Å². The maximum absolute atomic E-state index is 13.1. The highest BCUT2D eigenvalue weighted by molar-refractivity contribution is 6.39. The highest BCUT2D eigenvalue weighted by atomic mass is 35.5. The van der Waals surface area contributed by atoms with Crippen LogP contribution in [-0.4, -0.2) is 48.1 Å². The standard InChI is InChI=1S/C22H23ClN4O3/c1-26-13-17(20(28)24-12-11-14-5-3-2-4-6-14)18-19(26)21(29)27(22(30)25-18)16-9-7-15(23)8-10-16/h5,7-10,13,19H,2-4,6,11-12H2,1H3,(H,24,28). The average molecular weight is 427 g/mol. The van der Waals surface area contributed by atoms with Crippen molar-refractivity contribution < 1.29 is 14.4 Å². The average Bonchev–Trinajstić information content (AvgIpc) is 3.06. The summed E-state index contributed by atoms with van der Waals surface area (Å²) < 4.78 is 0. The number of aliphatic imine (C=N–C) groups is 1. The van der Waals surface area contributed by atoms with Crippen LogP contribution in [0.15, 0.2) is 52.7 Å². The van der Waals surface area contributed by atoms with Crippen LogP contribution < -0.4 is 10.2 Å². The van der Waals surface area contributed by atoms with Gasteiger partial charge in [0.05, 0.1) is 17.0 Å². The van der Waals surface area contributed by atoms with Crippen LogP contribution >= 0.6 is 11.6 Å². The molecule has 1 atom stereocenters. The topological polar surface area (TPSA) is 82.1 Å². The Hall–Kier alpha value is -2.93. The molecule has 0 saturated carbocycles. The molecule has 8 heteroatoms. The summed E-state index contributed by atoms with van der Waals surface area (Å²) in [7, 11) is 1.70. The number of benzene rings is 1. The van der Waals surface area contributed by atoms with Crippen LogP contribution in [0.2, 0.25) is 5.02 Å². The molecule has 2 heterocycles. The van der Waals surface area contributed by atoms with Gasteiger partial charge >= 0.3 is 6.03 Å². The number of amides is 4. The lowest BCUT2D eigenvalue weighted by atomic mass is 9.97. The molecule has 156 valence electrons. The zero-order chi connectivity index (χ0) is 21.3. The lowest BCUT2D eigenvalue weighted by molar-refractivity contribution is -0.120. The van der Waals surface area contributed by atoms with Crippen molar-refractivity contribution >= 4 is 40.8 Å². The van der Waals surface area contributed by atoms with Crippen LogP contribution in [0.1, 0.15) is 32.1 Å². The molecule has 0 spiro atoms. The summed E-state index contributed by atoms with van der Waals surface area (Å²) in [5.74, 6) is -0.763. The number of urea groups is 1. The second kappa shape index (κ2) is 8.44. The summed E-state index contributed by atoms with van der Waals surface area (Å²) in [6, 6.07) is 4.88. The van der Waals surface area contributed by atoms with Gasteiger partial charge in [0, 0.05) is 24.8 Å². The van der Waals surface area contributed by atoms with E-state index in [9.17, 15) is 14.4 Å². The molecule has 1 unspecified atom stereocenters. The third-order valence-corrected chi connectivity index (χ3v) is 5.83. The maximum Gasteiger partial charge on any atom is 0.355 e. The van der Waals surface area contributed by atoms with Gasteiger partial charge in [-0.25, -0.2) is 9.69 Å². The Morgan fingerprint density at radius 3 is 2.70 bits per heavy atom. The molecule has 1 aliphatic carbocycles. The minimum atomic E-state index is -0.805. The Morgan fingerprint density at radius 1 is 1.23 bits per heavy atom. The fourth-order valence-electron chi connectivity index (χ4n) is 4.03. The van der Waals surface area contributed by atoms with Crippen molar-refractivity contribution in [1.29, 1.82) is 0 Å². The molecule has 0 radical (unpaired) electrons. The quantitative estimate of drug-likeness (QED) is 0.731. The number of likely N-dealkylation sites (N-methyl/N-ethyl adjacent to an activating group) is 1. The third kappa shape index (κ3) is 3.89. The molecule has 7 nitrogen and oxygen atoms in total. The van der Waals surface area contributed by atoms with Gasteiger partial charge in [-0.3, -0.25) is 9.59 Å². The van der Waals surface area contributed by atoms with E-state index in [-0.39, 0.29) is 17.2 Å². The van der Waals surface area contributed by atoms with E-state index in [0.717, 1.165) is 24.2 Å². The van der Waals surface area contributed by atoms with Gasteiger partial charge in [0.15, 0.2) is 6.04 Å². The molecule has 0 saturated heterocycles. The molecule has 4 amide bonds. The molecule has 30 heavy (non-hydrogen) atoms. The number of carbonyl (C=O) groups excluding carboxylic acids is 3. The Bertz CT molecular complexity index is 981. The molecule has 3 aliphatic rings. The molecule has 1 aromatic carbocycles. The van der Waals surface area contributed by atoms with Gasteiger partial charge in [0.2, 0.25) is 0 Å². The molecular weight excluding hydrogens is 404 g/mol. The highest BCUT2D eigenvalue weighted by Gasteiger charge is 2.46. The second-order valence-corrected chi connectivity index (χ2v) is 8.09. The summed E-state index contributed by atoms with van der Waals surface area (Å²) in [6.07, 6.45) is 9.25. The highest BCUT2D eigenvalue weighted by Crippen LogP contribution is 2.29. The number of imide groups is 1. The number of anilines is 1. The third-order valence-electron chi connectivity index (χ3n) is 5.58. The summed E-state index contributed by atoms with van der Waals surface area (Å²) in [5.41, 5.74) is 2.23. The first-order chi connectivity index (χ1) is 14.5. The van der Waals surface area contributed by atoms with Gasteiger partial charge < -0.3 is 10.2 Å². The van der Waals surface area contributed by atoms with E-state index >= 15 is 0 Å². The number of carbonyl (C=O) groups is 3. The molecule has 0 aromatic heterocycles. The van der Waals surface area contributed by atoms with E-state index in [2.05, 4.69) is 16.4 Å². The lowest BCUT2D eigenvalue weighted by Crippen LogP contribution is -2.53. The zero-order valence-electron chi connectivity index (χ0n) is 16.7. The molecule has 0 bridgehead atoms. The second-order valence-electron chi connectivity index (χ2n) is 7.65. The summed E-state index contributed by atoms with van der Waals surface area (Å²) in [5, 5.41) is 3.40. The Kier molecular flexibility index (Phi) is 5.72. The molecule has 1 aromatic rings. The number of hydrogen-bond donors (Lipinski definition) is 1. The van der Waals surface area contributed by atoms with E-state index in [1.807, 2.05) is 0 Å². The van der Waals surface area contributed by atoms with Gasteiger partial charge in [-0.15, -0.1) is 0 Å². The van der Waals surface area contributed by atoms with Crippen molar-refractivity contribution in [3.05, 3.63) is 52.7 Å². The van der Waals surface area contributed by atoms with Crippen LogP contribution in [0.25, 0.3) is 0 Å². The SMILES string of the molecule is CN1C=C(C(=O)NCCC2=CCCCC2)C2=NC(=O)N(c3ccc(Cl)cc3)C(=O)C21. The number of nitrogens with zero attached hydrogens (tertiary/aromatic N) is 3. The van der Waals surface area contributed by atoms with Crippen LogP contribution in [0.5, 0.6) is 0 Å². The lowest BCUT2D eigenvalue weighted by Gasteiger charge is -2.30. The maximum atomic E-state index is 13.1. The van der Waals surface area contributed by atoms with Crippen molar-refractivity contribution in [3.8, 4) is 0 Å². The predicted molar refractivity (Wildman–Crippen MR) is 116 cm³/mol. The summed E-state index contributed by atoms with van der Waals surface area (Å²) in [4.78, 5) is 45.2. The first-order valence-corrected chi connectivity index (χ1v) is 10.5. The first kappa shape index (κ1) is 20.3. The van der Waals surface area contributed by atoms with E-state index in [1.54, 1.807) is 42.4 Å². The van der Waals surface area contributed by atoms with Crippen LogP contribution in [0.4, 0.5) is 10.5 Å². The van der Waals surface area contributed by atoms with E-state index in [1.165, 1.54) is 18.4 Å². The Balaban J connectivity index is 1.48. The van der Waals surface area contributed by atoms with E-state index in [0.29, 0.717) is 17.3 Å². The molecule has 2 aliphatic heterocycles. The number of allylic oxidation sites excluding steroid dienone is 1. The first-order valence-electron chi connectivity index (χ1n) is 10.1. The van der Waals surface area contributed by atoms with Gasteiger partial charge in [-0.1, -0.05) is 23.3 Å². The van der Waals surface area contributed by atoms with Crippen molar-refractivity contribution in [2.24, 2.45) is 4.99 Å². The van der Waals surface area contributed by atoms with Crippen molar-refractivity contribution in [2.75, 3.05) is 18.5 Å². The summed E-state index contributed by atoms with van der Waals surface area (Å²) >= 11 is 5.90. The summed E-state index contributed by atoms with van der Waals surface area (Å²) in [6.45, 7) is 0.516. The van der Waals surface area contributed by atoms with Crippen LogP contribution in [-0.2, 0) is 9.59 Å². The Morgan fingerprint density at radius 2 is 2.00 bits per heavy atom. The molecule has 0 fully saturated rings. The number of fused-ring (bicyclic) bond motifs is 1. The normalized spacial score (nSPS) is 21.1. The molecule has 4 rings (SSSR count). The number of halogens is 1. The van der Waals surface area contributed by atoms with Crippen LogP contribution in [0, 0.1) is 0 Å². The van der Waals surface area contributed by atoms with Gasteiger partial charge in [-0.05, 0) is 56.4 Å². The smallest absolute Gasteiger partial charge is 0.355 e. The number of nitrogens with one attached hydrogen (secondary N) is 1.